The fourth-order valence-electron chi connectivity index (χ4n) is 2.61. The molecule has 0 unspecified atom stereocenters. The van der Waals surface area contributed by atoms with Gasteiger partial charge in [-0.25, -0.2) is 0 Å². The topological polar surface area (TPSA) is 40.6 Å². The lowest BCUT2D eigenvalue weighted by atomic mass is 10.1. The van der Waals surface area contributed by atoms with Crippen LogP contribution in [0.4, 0.5) is 0 Å². The summed E-state index contributed by atoms with van der Waals surface area (Å²) in [5.41, 5.74) is 1.71. The fraction of sp³-hybridized carbons (Fsp3) is 0.100. The molecule has 1 aromatic carbocycles. The van der Waals surface area contributed by atoms with Crippen molar-refractivity contribution in [3.05, 3.63) is 70.5 Å². The van der Waals surface area contributed by atoms with Gasteiger partial charge in [0.05, 0.1) is 9.81 Å². The Morgan fingerprint density at radius 3 is 1.68 bits per heavy atom. The molecule has 0 spiro atoms. The second-order valence-corrected chi connectivity index (χ2v) is 9.18. The van der Waals surface area contributed by atoms with Crippen LogP contribution < -0.4 is 0 Å². The molecule has 8 heteroatoms. The van der Waals surface area contributed by atoms with Crippen molar-refractivity contribution >= 4 is 80.6 Å². The average molecular weight is 445 g/mol. The third-order valence-electron chi connectivity index (χ3n) is 3.88. The van der Waals surface area contributed by atoms with Gasteiger partial charge in [0.25, 0.3) is 11.8 Å². The van der Waals surface area contributed by atoms with Gasteiger partial charge < -0.3 is 0 Å². The Balaban J connectivity index is 1.84. The molecule has 2 aliphatic rings. The van der Waals surface area contributed by atoms with Gasteiger partial charge in [0.2, 0.25) is 0 Å². The number of rotatable bonds is 6. The maximum Gasteiger partial charge on any atom is 0.266 e. The predicted octanol–water partition coefficient (Wildman–Crippen LogP) is 4.46. The minimum absolute atomic E-state index is 0.120. The van der Waals surface area contributed by atoms with Crippen LogP contribution in [-0.4, -0.2) is 43.3 Å². The zero-order valence-corrected chi connectivity index (χ0v) is 18.1. The number of amides is 2. The molecule has 0 saturated carbocycles. The monoisotopic (exact) mass is 444 g/mol. The number of benzene rings is 1. The number of hydrogen-bond donors (Lipinski definition) is 0. The van der Waals surface area contributed by atoms with Crippen LogP contribution in [0.3, 0.4) is 0 Å². The van der Waals surface area contributed by atoms with E-state index in [2.05, 4.69) is 13.2 Å². The molecule has 2 fully saturated rings. The van der Waals surface area contributed by atoms with Crippen molar-refractivity contribution in [1.29, 1.82) is 0 Å². The molecular formula is C20H16N2O2S4. The molecule has 0 atom stereocenters. The summed E-state index contributed by atoms with van der Waals surface area (Å²) < 4.78 is 1.05. The van der Waals surface area contributed by atoms with Crippen molar-refractivity contribution in [1.82, 2.24) is 9.80 Å². The lowest BCUT2D eigenvalue weighted by Gasteiger charge is -2.10. The highest BCUT2D eigenvalue weighted by Gasteiger charge is 2.32. The number of thioether (sulfide) groups is 2. The molecular weight excluding hydrogens is 429 g/mol. The standard InChI is InChI=1S/C20H16N2O2S4/c1-3-8-21-17(23)15(27-19(21)25)11-13-6-5-7-14(10-13)12-16-18(24)22(9-4-2)20(26)28-16/h3-7,10-12H,1-2,8-9H2/b15-11-,16-12+. The van der Waals surface area contributed by atoms with E-state index in [1.165, 1.54) is 33.3 Å². The zero-order chi connectivity index (χ0) is 20.3. The first-order valence-corrected chi connectivity index (χ1v) is 10.7. The first-order valence-electron chi connectivity index (χ1n) is 8.27. The van der Waals surface area contributed by atoms with Crippen molar-refractivity contribution in [2.75, 3.05) is 13.1 Å². The number of thiocarbonyl (C=S) groups is 2. The third-order valence-corrected chi connectivity index (χ3v) is 6.63. The summed E-state index contributed by atoms with van der Waals surface area (Å²) >= 11 is 13.1. The van der Waals surface area contributed by atoms with Crippen molar-refractivity contribution in [3.8, 4) is 0 Å². The molecule has 2 amide bonds. The van der Waals surface area contributed by atoms with E-state index in [-0.39, 0.29) is 11.8 Å². The normalized spacial score (nSPS) is 20.0. The maximum absolute atomic E-state index is 12.5. The lowest BCUT2D eigenvalue weighted by Crippen LogP contribution is -2.27. The number of hydrogen-bond acceptors (Lipinski definition) is 6. The van der Waals surface area contributed by atoms with Crippen molar-refractivity contribution in [3.63, 3.8) is 0 Å². The van der Waals surface area contributed by atoms with Crippen molar-refractivity contribution in [2.45, 2.75) is 0 Å². The molecule has 4 nitrogen and oxygen atoms in total. The summed E-state index contributed by atoms with van der Waals surface area (Å²) in [4.78, 5) is 29.1. The van der Waals surface area contributed by atoms with Gasteiger partial charge in [0.15, 0.2) is 0 Å². The van der Waals surface area contributed by atoms with Crippen LogP contribution in [0, 0.1) is 0 Å². The summed E-state index contributed by atoms with van der Waals surface area (Å²) in [6.45, 7) is 8.10. The summed E-state index contributed by atoms with van der Waals surface area (Å²) in [5.74, 6) is -0.240. The molecule has 0 N–H and O–H groups in total. The summed E-state index contributed by atoms with van der Waals surface area (Å²) in [6.07, 6.45) is 6.92. The van der Waals surface area contributed by atoms with Gasteiger partial charge in [-0.1, -0.05) is 78.3 Å². The van der Waals surface area contributed by atoms with E-state index in [9.17, 15) is 9.59 Å². The molecule has 0 radical (unpaired) electrons. The molecule has 0 aromatic heterocycles. The second-order valence-electron chi connectivity index (χ2n) is 5.83. The first kappa shape index (κ1) is 20.7. The molecule has 2 aliphatic heterocycles. The second kappa shape index (κ2) is 9.00. The summed E-state index contributed by atoms with van der Waals surface area (Å²) in [5, 5.41) is 0. The van der Waals surface area contributed by atoms with Gasteiger partial charge in [0.1, 0.15) is 8.64 Å². The first-order chi connectivity index (χ1) is 13.4. The van der Waals surface area contributed by atoms with Gasteiger partial charge >= 0.3 is 0 Å². The van der Waals surface area contributed by atoms with Crippen LogP contribution in [0.2, 0.25) is 0 Å². The van der Waals surface area contributed by atoms with Crippen molar-refractivity contribution in [2.24, 2.45) is 0 Å². The molecule has 0 bridgehead atoms. The Morgan fingerprint density at radius 2 is 1.29 bits per heavy atom. The molecule has 3 rings (SSSR count). The highest BCUT2D eigenvalue weighted by Crippen LogP contribution is 2.34. The quantitative estimate of drug-likeness (QED) is 0.367. The molecule has 1 aromatic rings. The molecule has 2 saturated heterocycles. The molecule has 2 heterocycles. The van der Waals surface area contributed by atoms with E-state index < -0.39 is 0 Å². The van der Waals surface area contributed by atoms with E-state index in [1.807, 2.05) is 36.4 Å². The van der Waals surface area contributed by atoms with Crippen LogP contribution >= 0.6 is 48.0 Å². The lowest BCUT2D eigenvalue weighted by molar-refractivity contribution is -0.122. The van der Waals surface area contributed by atoms with Crippen LogP contribution in [0.1, 0.15) is 11.1 Å². The van der Waals surface area contributed by atoms with Crippen LogP contribution in [-0.2, 0) is 9.59 Å². The van der Waals surface area contributed by atoms with Gasteiger partial charge in [-0.2, -0.15) is 0 Å². The Bertz CT molecular complexity index is 891. The highest BCUT2D eigenvalue weighted by atomic mass is 32.2. The smallest absolute Gasteiger partial charge is 0.266 e. The minimum atomic E-state index is -0.120. The van der Waals surface area contributed by atoms with Crippen LogP contribution in [0.15, 0.2) is 59.4 Å². The summed E-state index contributed by atoms with van der Waals surface area (Å²) in [6, 6.07) is 7.60. The van der Waals surface area contributed by atoms with E-state index >= 15 is 0 Å². The number of nitrogens with zero attached hydrogens (tertiary/aromatic N) is 2. The SMILES string of the molecule is C=CCN1C(=O)/C(=C/c2cccc(/C=C3/SC(=S)N(CC=C)C3=O)c2)SC1=S. The summed E-state index contributed by atoms with van der Waals surface area (Å²) in [7, 11) is 0. The Hall–Kier alpha value is -2.00. The van der Waals surface area contributed by atoms with E-state index in [4.69, 9.17) is 24.4 Å². The van der Waals surface area contributed by atoms with Gasteiger partial charge in [-0.05, 0) is 29.3 Å². The molecule has 142 valence electrons. The van der Waals surface area contributed by atoms with Crippen LogP contribution in [0.5, 0.6) is 0 Å². The van der Waals surface area contributed by atoms with Crippen molar-refractivity contribution < 1.29 is 9.59 Å². The third kappa shape index (κ3) is 4.35. The van der Waals surface area contributed by atoms with Crippen LogP contribution in [0.25, 0.3) is 12.2 Å². The van der Waals surface area contributed by atoms with E-state index in [0.29, 0.717) is 31.5 Å². The van der Waals surface area contributed by atoms with Gasteiger partial charge in [0, 0.05) is 13.1 Å². The van der Waals surface area contributed by atoms with E-state index in [0.717, 1.165) is 11.1 Å². The van der Waals surface area contributed by atoms with E-state index in [1.54, 1.807) is 12.2 Å². The Morgan fingerprint density at radius 1 is 0.857 bits per heavy atom. The molecule has 0 aliphatic carbocycles. The maximum atomic E-state index is 12.5. The zero-order valence-electron chi connectivity index (χ0n) is 14.8. The van der Waals surface area contributed by atoms with Gasteiger partial charge in [-0.15, -0.1) is 13.2 Å². The Labute approximate surface area is 183 Å². The highest BCUT2D eigenvalue weighted by molar-refractivity contribution is 8.27. The predicted molar refractivity (Wildman–Crippen MR) is 127 cm³/mol. The number of carbonyl (C=O) groups excluding carboxylic acids is 2. The minimum Gasteiger partial charge on any atom is -0.289 e. The van der Waals surface area contributed by atoms with Gasteiger partial charge in [-0.3, -0.25) is 19.4 Å². The molecule has 28 heavy (non-hydrogen) atoms. The number of carbonyl (C=O) groups is 2. The average Bonchev–Trinajstić information content (AvgIpc) is 3.07. The largest absolute Gasteiger partial charge is 0.289 e. The fourth-order valence-corrected chi connectivity index (χ4v) is 5.16. The Kier molecular flexibility index (Phi) is 6.66.